The second kappa shape index (κ2) is 9.95. The van der Waals surface area contributed by atoms with Crippen molar-refractivity contribution in [2.75, 3.05) is 5.73 Å². The van der Waals surface area contributed by atoms with Gasteiger partial charge in [0.15, 0.2) is 5.75 Å². The van der Waals surface area contributed by atoms with Crippen molar-refractivity contribution in [3.8, 4) is 11.5 Å². The van der Waals surface area contributed by atoms with Crippen molar-refractivity contribution < 1.29 is 4.74 Å². The lowest BCUT2D eigenvalue weighted by atomic mass is 10.2. The molecule has 0 atom stereocenters. The molecule has 0 saturated carbocycles. The minimum atomic E-state index is 0.585. The topological polar surface area (TPSA) is 48.1 Å². The first kappa shape index (κ1) is 17.0. The van der Waals surface area contributed by atoms with E-state index in [-0.39, 0.29) is 0 Å². The molecule has 0 aliphatic heterocycles. The summed E-state index contributed by atoms with van der Waals surface area (Å²) in [5, 5.41) is 0. The third kappa shape index (κ3) is 5.91. The summed E-state index contributed by atoms with van der Waals surface area (Å²) < 4.78 is 5.58. The Hall–Kier alpha value is -2.03. The third-order valence-electron chi connectivity index (χ3n) is 2.07. The number of aromatic nitrogens is 1. The first-order valence-electron chi connectivity index (χ1n) is 6.70. The molecule has 1 heterocycles. The summed E-state index contributed by atoms with van der Waals surface area (Å²) >= 11 is 0. The zero-order chi connectivity index (χ0) is 14.7. The van der Waals surface area contributed by atoms with Crippen LogP contribution in [0.4, 0.5) is 5.69 Å². The standard InChI is InChI=1S/C12H12N2O.2C2H6/c1-9-2-4-10(5-3-9)15-12-8-14-7-6-11(12)13;2*1-2/h2-8H,1H3,(H2,13,14);2*1-2H3. The van der Waals surface area contributed by atoms with Crippen LogP contribution in [0.5, 0.6) is 11.5 Å². The van der Waals surface area contributed by atoms with Crippen molar-refractivity contribution in [1.29, 1.82) is 0 Å². The van der Waals surface area contributed by atoms with E-state index in [1.54, 1.807) is 18.5 Å². The highest BCUT2D eigenvalue weighted by Gasteiger charge is 2.00. The van der Waals surface area contributed by atoms with Crippen LogP contribution in [-0.2, 0) is 0 Å². The Balaban J connectivity index is 0.000000741. The number of nitrogen functional groups attached to an aromatic ring is 1. The molecule has 1 aromatic carbocycles. The van der Waals surface area contributed by atoms with Gasteiger partial charge < -0.3 is 10.5 Å². The van der Waals surface area contributed by atoms with Crippen LogP contribution in [-0.4, -0.2) is 4.98 Å². The molecule has 3 heteroatoms. The second-order valence-corrected chi connectivity index (χ2v) is 3.33. The maximum absolute atomic E-state index is 5.73. The van der Waals surface area contributed by atoms with E-state index in [2.05, 4.69) is 4.98 Å². The van der Waals surface area contributed by atoms with E-state index >= 15 is 0 Å². The zero-order valence-electron chi connectivity index (χ0n) is 12.5. The fourth-order valence-corrected chi connectivity index (χ4v) is 1.21. The predicted molar refractivity (Wildman–Crippen MR) is 82.6 cm³/mol. The van der Waals surface area contributed by atoms with Crippen LogP contribution in [0.1, 0.15) is 33.3 Å². The highest BCUT2D eigenvalue weighted by atomic mass is 16.5. The van der Waals surface area contributed by atoms with E-state index in [0.29, 0.717) is 11.4 Å². The van der Waals surface area contributed by atoms with Crippen LogP contribution >= 0.6 is 0 Å². The van der Waals surface area contributed by atoms with Gasteiger partial charge in [-0.1, -0.05) is 45.4 Å². The lowest BCUT2D eigenvalue weighted by Gasteiger charge is -2.07. The molecule has 2 rings (SSSR count). The van der Waals surface area contributed by atoms with E-state index in [4.69, 9.17) is 10.5 Å². The molecule has 104 valence electrons. The first-order chi connectivity index (χ1) is 9.25. The van der Waals surface area contributed by atoms with Crippen LogP contribution in [0.3, 0.4) is 0 Å². The summed E-state index contributed by atoms with van der Waals surface area (Å²) in [6.07, 6.45) is 3.24. The van der Waals surface area contributed by atoms with Crippen molar-refractivity contribution in [2.45, 2.75) is 34.6 Å². The lowest BCUT2D eigenvalue weighted by Crippen LogP contribution is -1.92. The van der Waals surface area contributed by atoms with Crippen molar-refractivity contribution in [3.63, 3.8) is 0 Å². The number of hydrogen-bond donors (Lipinski definition) is 1. The van der Waals surface area contributed by atoms with Crippen LogP contribution in [0, 0.1) is 6.92 Å². The van der Waals surface area contributed by atoms with E-state index in [1.807, 2.05) is 58.9 Å². The molecule has 0 spiro atoms. The number of nitrogens with zero attached hydrogens (tertiary/aromatic N) is 1. The van der Waals surface area contributed by atoms with Gasteiger partial charge >= 0.3 is 0 Å². The van der Waals surface area contributed by atoms with Gasteiger partial charge in [0.05, 0.1) is 11.9 Å². The number of ether oxygens (including phenoxy) is 1. The highest BCUT2D eigenvalue weighted by molar-refractivity contribution is 5.51. The van der Waals surface area contributed by atoms with Gasteiger partial charge in [-0.3, -0.25) is 4.98 Å². The number of rotatable bonds is 2. The quantitative estimate of drug-likeness (QED) is 0.842. The Morgan fingerprint density at radius 3 is 2.05 bits per heavy atom. The summed E-state index contributed by atoms with van der Waals surface area (Å²) in [6, 6.07) is 9.50. The van der Waals surface area contributed by atoms with Crippen LogP contribution < -0.4 is 10.5 Å². The average Bonchev–Trinajstić information content (AvgIpc) is 2.48. The van der Waals surface area contributed by atoms with E-state index in [9.17, 15) is 0 Å². The second-order valence-electron chi connectivity index (χ2n) is 3.33. The Bertz CT molecular complexity index is 453. The largest absolute Gasteiger partial charge is 0.454 e. The Morgan fingerprint density at radius 1 is 0.947 bits per heavy atom. The molecule has 0 unspecified atom stereocenters. The molecular weight excluding hydrogens is 236 g/mol. The molecule has 0 saturated heterocycles. The molecule has 0 fully saturated rings. The van der Waals surface area contributed by atoms with Crippen molar-refractivity contribution in [1.82, 2.24) is 4.98 Å². The van der Waals surface area contributed by atoms with Gasteiger partial charge in [0, 0.05) is 6.20 Å². The molecule has 2 N–H and O–H groups in total. The third-order valence-corrected chi connectivity index (χ3v) is 2.07. The summed E-state index contributed by atoms with van der Waals surface area (Å²) in [6.45, 7) is 10.0. The van der Waals surface area contributed by atoms with E-state index < -0.39 is 0 Å². The molecule has 0 aliphatic carbocycles. The van der Waals surface area contributed by atoms with Crippen molar-refractivity contribution >= 4 is 5.69 Å². The molecule has 0 aliphatic rings. The summed E-state index contributed by atoms with van der Waals surface area (Å²) in [5.74, 6) is 1.35. The minimum Gasteiger partial charge on any atom is -0.454 e. The van der Waals surface area contributed by atoms with Gasteiger partial charge in [-0.15, -0.1) is 0 Å². The normalized spacial score (nSPS) is 8.47. The van der Waals surface area contributed by atoms with E-state index in [1.165, 1.54) is 5.56 Å². The number of nitrogens with two attached hydrogens (primary N) is 1. The van der Waals surface area contributed by atoms with Gasteiger partial charge in [-0.05, 0) is 25.1 Å². The summed E-state index contributed by atoms with van der Waals surface area (Å²) in [7, 11) is 0. The zero-order valence-corrected chi connectivity index (χ0v) is 12.5. The molecule has 3 nitrogen and oxygen atoms in total. The van der Waals surface area contributed by atoms with Crippen molar-refractivity contribution in [3.05, 3.63) is 48.3 Å². The summed E-state index contributed by atoms with van der Waals surface area (Å²) in [5.41, 5.74) is 7.52. The van der Waals surface area contributed by atoms with Crippen LogP contribution in [0.25, 0.3) is 0 Å². The fourth-order valence-electron chi connectivity index (χ4n) is 1.21. The van der Waals surface area contributed by atoms with Gasteiger partial charge in [-0.2, -0.15) is 0 Å². The molecular formula is C16H24N2O. The van der Waals surface area contributed by atoms with Crippen LogP contribution in [0.15, 0.2) is 42.7 Å². The number of benzene rings is 1. The highest BCUT2D eigenvalue weighted by Crippen LogP contribution is 2.25. The number of pyridine rings is 1. The number of aryl methyl sites for hydroxylation is 1. The smallest absolute Gasteiger partial charge is 0.168 e. The SMILES string of the molecule is CC.CC.Cc1ccc(Oc2cnccc2N)cc1. The summed E-state index contributed by atoms with van der Waals surface area (Å²) in [4.78, 5) is 3.95. The van der Waals surface area contributed by atoms with Crippen LogP contribution in [0.2, 0.25) is 0 Å². The maximum atomic E-state index is 5.73. The Kier molecular flexibility index (Phi) is 8.88. The molecule has 0 radical (unpaired) electrons. The van der Waals surface area contributed by atoms with E-state index in [0.717, 1.165) is 5.75 Å². The lowest BCUT2D eigenvalue weighted by molar-refractivity contribution is 0.482. The molecule has 0 bridgehead atoms. The van der Waals surface area contributed by atoms with Crippen molar-refractivity contribution in [2.24, 2.45) is 0 Å². The van der Waals surface area contributed by atoms with Gasteiger partial charge in [0.2, 0.25) is 0 Å². The maximum Gasteiger partial charge on any atom is 0.168 e. The van der Waals surface area contributed by atoms with Gasteiger partial charge in [0.25, 0.3) is 0 Å². The number of hydrogen-bond acceptors (Lipinski definition) is 3. The molecule has 0 amide bonds. The minimum absolute atomic E-state index is 0.585. The Morgan fingerprint density at radius 2 is 1.53 bits per heavy atom. The predicted octanol–water partition coefficient (Wildman–Crippen LogP) is 4.82. The monoisotopic (exact) mass is 260 g/mol. The molecule has 1 aromatic heterocycles. The molecule has 19 heavy (non-hydrogen) atoms. The average molecular weight is 260 g/mol. The molecule has 2 aromatic rings. The first-order valence-corrected chi connectivity index (χ1v) is 6.70. The Labute approximate surface area is 116 Å². The van der Waals surface area contributed by atoms with Gasteiger partial charge in [-0.25, -0.2) is 0 Å². The number of anilines is 1. The van der Waals surface area contributed by atoms with Gasteiger partial charge in [0.1, 0.15) is 5.75 Å². The fraction of sp³-hybridized carbons (Fsp3) is 0.312.